The van der Waals surface area contributed by atoms with Crippen LogP contribution in [0.2, 0.25) is 0 Å². The Morgan fingerprint density at radius 2 is 1.62 bits per heavy atom. The number of rotatable bonds is 3. The summed E-state index contributed by atoms with van der Waals surface area (Å²) in [6, 6.07) is 21.9. The van der Waals surface area contributed by atoms with Crippen molar-refractivity contribution in [3.63, 3.8) is 0 Å². The summed E-state index contributed by atoms with van der Waals surface area (Å²) in [6.45, 7) is 0. The number of aromatic nitrogens is 2. The van der Waals surface area contributed by atoms with Crippen molar-refractivity contribution in [3.8, 4) is 33.6 Å². The van der Waals surface area contributed by atoms with Crippen LogP contribution >= 0.6 is 0 Å². The fraction of sp³-hybridized carbons (Fsp3) is 0.0833. The topological polar surface area (TPSA) is 62.8 Å². The minimum absolute atomic E-state index is 0.0608. The monoisotopic (exact) mass is 398 g/mol. The molecule has 2 aromatic carbocycles. The van der Waals surface area contributed by atoms with Gasteiger partial charge in [0.05, 0.1) is 16.5 Å². The Hall–Kier alpha value is -3.31. The molecule has 0 amide bonds. The number of carbonyl (C=O) groups is 1. The number of hydrogen-bond donors (Lipinski definition) is 1. The number of hydrogen-bond acceptors (Lipinski definition) is 3. The Morgan fingerprint density at radius 3 is 2.41 bits per heavy atom. The van der Waals surface area contributed by atoms with E-state index in [0.717, 1.165) is 33.6 Å². The third-order valence-corrected chi connectivity index (χ3v) is 6.64. The lowest BCUT2D eigenvalue weighted by molar-refractivity contribution is 0.0984. The molecule has 3 heterocycles. The number of carbonyl (C=O) groups excluding carboxylic acids is 1. The van der Waals surface area contributed by atoms with Gasteiger partial charge in [-0.15, -0.1) is 0 Å². The van der Waals surface area contributed by atoms with E-state index in [1.807, 2.05) is 48.5 Å². The molecule has 0 saturated heterocycles. The van der Waals surface area contributed by atoms with Crippen LogP contribution in [-0.2, 0) is 10.8 Å². The van der Waals surface area contributed by atoms with Gasteiger partial charge in [0.2, 0.25) is 0 Å². The van der Waals surface area contributed by atoms with Crippen LogP contribution in [0.1, 0.15) is 16.8 Å². The summed E-state index contributed by atoms with van der Waals surface area (Å²) in [4.78, 5) is 20.7. The zero-order chi connectivity index (χ0) is 19.8. The molecule has 0 aliphatic carbocycles. The number of Topliss-reactive ketones (excluding diaryl/α,β-unsaturated/α-hetero) is 1. The van der Waals surface area contributed by atoms with E-state index in [4.69, 9.17) is 0 Å². The summed E-state index contributed by atoms with van der Waals surface area (Å²) in [6.07, 6.45) is 3.90. The molecule has 1 aliphatic heterocycles. The fourth-order valence-corrected chi connectivity index (χ4v) is 4.97. The van der Waals surface area contributed by atoms with Gasteiger partial charge in [0.1, 0.15) is 0 Å². The quantitative estimate of drug-likeness (QED) is 0.522. The van der Waals surface area contributed by atoms with E-state index in [1.165, 1.54) is 0 Å². The van der Waals surface area contributed by atoms with Crippen LogP contribution in [0.3, 0.4) is 0 Å². The summed E-state index contributed by atoms with van der Waals surface area (Å²) in [5.41, 5.74) is 6.64. The lowest BCUT2D eigenvalue weighted by Crippen LogP contribution is -2.16. The second-order valence-electron chi connectivity index (χ2n) is 7.01. The second-order valence-corrected chi connectivity index (χ2v) is 8.55. The third-order valence-electron chi connectivity index (χ3n) is 5.22. The molecule has 0 spiro atoms. The Morgan fingerprint density at radius 1 is 0.828 bits per heavy atom. The molecule has 0 bridgehead atoms. The number of nitrogens with zero attached hydrogens (tertiary/aromatic N) is 1. The maximum Gasteiger partial charge on any atom is 0.165 e. The first kappa shape index (κ1) is 17.8. The first-order valence-corrected chi connectivity index (χ1v) is 10.8. The summed E-state index contributed by atoms with van der Waals surface area (Å²) < 4.78 is 12.3. The van der Waals surface area contributed by atoms with Gasteiger partial charge in [-0.05, 0) is 47.0 Å². The maximum absolute atomic E-state index is 12.4. The first-order valence-electron chi connectivity index (χ1n) is 9.45. The van der Waals surface area contributed by atoms with Crippen LogP contribution in [0.25, 0.3) is 33.6 Å². The summed E-state index contributed by atoms with van der Waals surface area (Å²) in [7, 11) is -1.10. The van der Waals surface area contributed by atoms with E-state index in [-0.39, 0.29) is 5.78 Å². The lowest BCUT2D eigenvalue weighted by atomic mass is 10.0. The summed E-state index contributed by atoms with van der Waals surface area (Å²) in [5, 5.41) is 0. The maximum atomic E-state index is 12.4. The fourth-order valence-electron chi connectivity index (χ4n) is 3.75. The molecule has 1 N–H and O–H groups in total. The number of pyridine rings is 1. The molecular formula is C24H18N2O2S. The number of ketones is 1. The van der Waals surface area contributed by atoms with Gasteiger partial charge in [0.25, 0.3) is 0 Å². The van der Waals surface area contributed by atoms with E-state index in [9.17, 15) is 9.00 Å². The first-order chi connectivity index (χ1) is 14.2. The molecule has 0 fully saturated rings. The van der Waals surface area contributed by atoms with Crippen LogP contribution in [0, 0.1) is 0 Å². The Balaban J connectivity index is 1.67. The van der Waals surface area contributed by atoms with Crippen molar-refractivity contribution in [1.29, 1.82) is 0 Å². The number of nitrogens with one attached hydrogen (secondary N) is 1. The zero-order valence-electron chi connectivity index (χ0n) is 15.6. The molecule has 29 heavy (non-hydrogen) atoms. The average molecular weight is 398 g/mol. The number of fused-ring (bicyclic) bond motifs is 1. The average Bonchev–Trinajstić information content (AvgIpc) is 3.23. The third kappa shape index (κ3) is 3.23. The number of benzene rings is 2. The van der Waals surface area contributed by atoms with Gasteiger partial charge in [0.15, 0.2) is 5.78 Å². The highest BCUT2D eigenvalue weighted by atomic mass is 32.2. The highest BCUT2D eigenvalue weighted by Crippen LogP contribution is 2.36. The van der Waals surface area contributed by atoms with Gasteiger partial charge in [0, 0.05) is 46.3 Å². The molecule has 0 saturated carbocycles. The van der Waals surface area contributed by atoms with Crippen LogP contribution in [-0.4, -0.2) is 25.7 Å². The van der Waals surface area contributed by atoms with E-state index >= 15 is 0 Å². The minimum Gasteiger partial charge on any atom is -0.354 e. The molecule has 2 aromatic heterocycles. The number of aromatic amines is 1. The molecule has 1 unspecified atom stereocenters. The summed E-state index contributed by atoms with van der Waals surface area (Å²) in [5.74, 6) is 0.475. The molecule has 5 rings (SSSR count). The van der Waals surface area contributed by atoms with Crippen LogP contribution < -0.4 is 0 Å². The van der Waals surface area contributed by atoms with E-state index in [0.29, 0.717) is 22.6 Å². The van der Waals surface area contributed by atoms with Crippen molar-refractivity contribution in [3.05, 3.63) is 84.7 Å². The molecular weight excluding hydrogens is 380 g/mol. The number of H-pyrrole nitrogens is 1. The second kappa shape index (κ2) is 7.26. The molecule has 1 atom stereocenters. The van der Waals surface area contributed by atoms with Crippen molar-refractivity contribution >= 4 is 16.6 Å². The SMILES string of the molecule is O=C1CCS(=O)c2ccc(-c3cc(-c4ccncc4)c(-c4ccccc4)[nH]3)cc21. The highest BCUT2D eigenvalue weighted by Gasteiger charge is 2.23. The van der Waals surface area contributed by atoms with Gasteiger partial charge in [-0.1, -0.05) is 36.4 Å². The van der Waals surface area contributed by atoms with Gasteiger partial charge in [-0.25, -0.2) is 0 Å². The molecule has 5 heteroatoms. The van der Waals surface area contributed by atoms with Crippen LogP contribution in [0.4, 0.5) is 0 Å². The normalized spacial score (nSPS) is 15.9. The predicted octanol–water partition coefficient (Wildman–Crippen LogP) is 5.10. The van der Waals surface area contributed by atoms with Crippen molar-refractivity contribution in [2.75, 3.05) is 5.75 Å². The van der Waals surface area contributed by atoms with Crippen molar-refractivity contribution in [2.45, 2.75) is 11.3 Å². The predicted molar refractivity (Wildman–Crippen MR) is 115 cm³/mol. The van der Waals surface area contributed by atoms with Gasteiger partial charge in [-0.3, -0.25) is 14.0 Å². The van der Waals surface area contributed by atoms with E-state index in [2.05, 4.69) is 28.2 Å². The largest absolute Gasteiger partial charge is 0.354 e. The van der Waals surface area contributed by atoms with Gasteiger partial charge >= 0.3 is 0 Å². The highest BCUT2D eigenvalue weighted by molar-refractivity contribution is 7.85. The molecule has 4 aromatic rings. The Labute approximate surface area is 171 Å². The Kier molecular flexibility index (Phi) is 4.45. The Bertz CT molecular complexity index is 1170. The molecule has 0 radical (unpaired) electrons. The zero-order valence-corrected chi connectivity index (χ0v) is 16.4. The molecule has 4 nitrogen and oxygen atoms in total. The standard InChI is InChI=1S/C24H18N2O2S/c27-22-10-13-29(28)23-7-6-18(14-20(22)23)21-15-19(16-8-11-25-12-9-16)24(26-21)17-4-2-1-3-5-17/h1-9,11-12,14-15,26H,10,13H2. The summed E-state index contributed by atoms with van der Waals surface area (Å²) >= 11 is 0. The van der Waals surface area contributed by atoms with Crippen molar-refractivity contribution in [2.24, 2.45) is 0 Å². The van der Waals surface area contributed by atoms with Crippen molar-refractivity contribution in [1.82, 2.24) is 9.97 Å². The van der Waals surface area contributed by atoms with E-state index in [1.54, 1.807) is 12.4 Å². The van der Waals surface area contributed by atoms with Gasteiger partial charge < -0.3 is 4.98 Å². The molecule has 142 valence electrons. The molecule has 1 aliphatic rings. The van der Waals surface area contributed by atoms with Crippen molar-refractivity contribution < 1.29 is 9.00 Å². The smallest absolute Gasteiger partial charge is 0.165 e. The van der Waals surface area contributed by atoms with Crippen LogP contribution in [0.15, 0.2) is 84.0 Å². The van der Waals surface area contributed by atoms with Gasteiger partial charge in [-0.2, -0.15) is 0 Å². The van der Waals surface area contributed by atoms with E-state index < -0.39 is 10.8 Å². The van der Waals surface area contributed by atoms with Crippen LogP contribution in [0.5, 0.6) is 0 Å². The minimum atomic E-state index is -1.10. The lowest BCUT2D eigenvalue weighted by Gasteiger charge is -2.15.